The lowest BCUT2D eigenvalue weighted by Crippen LogP contribution is -2.41. The number of hydrogen-bond acceptors (Lipinski definition) is 5. The summed E-state index contributed by atoms with van der Waals surface area (Å²) in [5.74, 6) is 1.52. The van der Waals surface area contributed by atoms with E-state index in [1.807, 2.05) is 31.2 Å². The molecular formula is C20H22N4O2. The molecular weight excluding hydrogens is 328 g/mol. The van der Waals surface area contributed by atoms with Crippen LogP contribution in [0.25, 0.3) is 11.4 Å². The molecule has 3 rings (SSSR count). The van der Waals surface area contributed by atoms with Crippen molar-refractivity contribution in [3.8, 4) is 11.4 Å². The van der Waals surface area contributed by atoms with Crippen molar-refractivity contribution < 1.29 is 9.21 Å². The summed E-state index contributed by atoms with van der Waals surface area (Å²) in [6.45, 7) is 6.64. The van der Waals surface area contributed by atoms with Gasteiger partial charge in [0.05, 0.1) is 18.4 Å². The van der Waals surface area contributed by atoms with Gasteiger partial charge >= 0.3 is 0 Å². The number of hydrogen-bond donors (Lipinski definition) is 0. The monoisotopic (exact) mass is 350 g/mol. The summed E-state index contributed by atoms with van der Waals surface area (Å²) in [5.41, 5.74) is 1.32. The Hall–Kier alpha value is -3.02. The average molecular weight is 350 g/mol. The van der Waals surface area contributed by atoms with E-state index >= 15 is 0 Å². The lowest BCUT2D eigenvalue weighted by Gasteiger charge is -2.31. The highest BCUT2D eigenvalue weighted by Gasteiger charge is 2.25. The van der Waals surface area contributed by atoms with Crippen LogP contribution in [0.3, 0.4) is 0 Å². The second kappa shape index (κ2) is 7.91. The van der Waals surface area contributed by atoms with Gasteiger partial charge in [0.15, 0.2) is 5.82 Å². The molecule has 1 atom stereocenters. The van der Waals surface area contributed by atoms with Crippen LogP contribution in [0.1, 0.15) is 36.9 Å². The molecule has 0 aliphatic heterocycles. The van der Waals surface area contributed by atoms with E-state index in [2.05, 4.69) is 28.8 Å². The van der Waals surface area contributed by atoms with Crippen LogP contribution in [0.4, 0.5) is 0 Å². The van der Waals surface area contributed by atoms with Crippen molar-refractivity contribution in [2.75, 3.05) is 0 Å². The van der Waals surface area contributed by atoms with Crippen molar-refractivity contribution in [3.05, 3.63) is 66.6 Å². The topological polar surface area (TPSA) is 72.1 Å². The molecule has 0 N–H and O–H groups in total. The zero-order valence-electron chi connectivity index (χ0n) is 15.2. The van der Waals surface area contributed by atoms with E-state index in [9.17, 15) is 4.79 Å². The molecule has 0 aromatic carbocycles. The van der Waals surface area contributed by atoms with Gasteiger partial charge in [0, 0.05) is 36.4 Å². The van der Waals surface area contributed by atoms with Gasteiger partial charge < -0.3 is 9.32 Å². The molecule has 0 saturated carbocycles. The Balaban J connectivity index is 1.84. The van der Waals surface area contributed by atoms with Crippen molar-refractivity contribution in [1.82, 2.24) is 19.9 Å². The molecule has 3 aromatic heterocycles. The van der Waals surface area contributed by atoms with Crippen molar-refractivity contribution in [2.45, 2.75) is 33.4 Å². The van der Waals surface area contributed by atoms with Crippen molar-refractivity contribution >= 4 is 5.91 Å². The van der Waals surface area contributed by atoms with Gasteiger partial charge in [-0.1, -0.05) is 13.8 Å². The fourth-order valence-electron chi connectivity index (χ4n) is 2.59. The van der Waals surface area contributed by atoms with Crippen molar-refractivity contribution in [1.29, 1.82) is 0 Å². The molecule has 3 aromatic rings. The van der Waals surface area contributed by atoms with Crippen LogP contribution >= 0.6 is 0 Å². The van der Waals surface area contributed by atoms with E-state index in [1.165, 1.54) is 0 Å². The van der Waals surface area contributed by atoms with Crippen LogP contribution in [0.5, 0.6) is 0 Å². The Kier molecular flexibility index (Phi) is 5.41. The van der Waals surface area contributed by atoms with Gasteiger partial charge in [-0.3, -0.25) is 9.78 Å². The minimum atomic E-state index is -0.108. The van der Waals surface area contributed by atoms with Gasteiger partial charge in [-0.2, -0.15) is 0 Å². The Morgan fingerprint density at radius 3 is 2.38 bits per heavy atom. The maximum atomic E-state index is 13.1. The summed E-state index contributed by atoms with van der Waals surface area (Å²) in [6.07, 6.45) is 8.14. The lowest BCUT2D eigenvalue weighted by molar-refractivity contribution is 0.0610. The summed E-state index contributed by atoms with van der Waals surface area (Å²) >= 11 is 0. The normalized spacial score (nSPS) is 12.2. The quantitative estimate of drug-likeness (QED) is 0.676. The van der Waals surface area contributed by atoms with E-state index in [0.29, 0.717) is 23.9 Å². The fraction of sp³-hybridized carbons (Fsp3) is 0.300. The zero-order chi connectivity index (χ0) is 18.5. The van der Waals surface area contributed by atoms with E-state index in [4.69, 9.17) is 4.42 Å². The number of carbonyl (C=O) groups excluding carboxylic acids is 1. The maximum absolute atomic E-state index is 13.1. The number of rotatable bonds is 6. The number of amides is 1. The third-order valence-electron chi connectivity index (χ3n) is 4.46. The summed E-state index contributed by atoms with van der Waals surface area (Å²) < 4.78 is 5.43. The summed E-state index contributed by atoms with van der Waals surface area (Å²) in [5, 5.41) is 0. The van der Waals surface area contributed by atoms with Crippen LogP contribution in [0.15, 0.2) is 59.7 Å². The zero-order valence-corrected chi connectivity index (χ0v) is 15.2. The van der Waals surface area contributed by atoms with Crippen LogP contribution in [0.2, 0.25) is 0 Å². The predicted molar refractivity (Wildman–Crippen MR) is 98.1 cm³/mol. The Bertz CT molecular complexity index is 830. The minimum Gasteiger partial charge on any atom is -0.467 e. The molecule has 0 bridgehead atoms. The lowest BCUT2D eigenvalue weighted by atomic mass is 10.0. The number of pyridine rings is 1. The largest absolute Gasteiger partial charge is 0.467 e. The second-order valence-electron chi connectivity index (χ2n) is 6.53. The molecule has 0 radical (unpaired) electrons. The third kappa shape index (κ3) is 3.96. The molecule has 1 amide bonds. The van der Waals surface area contributed by atoms with Crippen LogP contribution in [-0.4, -0.2) is 31.8 Å². The Labute approximate surface area is 152 Å². The molecule has 0 aliphatic rings. The number of aromatic nitrogens is 3. The first-order valence-corrected chi connectivity index (χ1v) is 8.62. The van der Waals surface area contributed by atoms with E-state index in [0.717, 1.165) is 11.3 Å². The predicted octanol–water partition coefficient (Wildman–Crippen LogP) is 3.82. The van der Waals surface area contributed by atoms with E-state index in [-0.39, 0.29) is 11.9 Å². The second-order valence-corrected chi connectivity index (χ2v) is 6.53. The molecule has 6 heteroatoms. The van der Waals surface area contributed by atoms with Crippen LogP contribution in [-0.2, 0) is 6.54 Å². The highest BCUT2D eigenvalue weighted by Crippen LogP contribution is 2.19. The van der Waals surface area contributed by atoms with Crippen LogP contribution in [0, 0.1) is 5.92 Å². The summed E-state index contributed by atoms with van der Waals surface area (Å²) in [7, 11) is 0. The van der Waals surface area contributed by atoms with Gasteiger partial charge in [-0.05, 0) is 37.1 Å². The van der Waals surface area contributed by atoms with E-state index in [1.54, 1.807) is 36.0 Å². The number of carbonyl (C=O) groups is 1. The first kappa shape index (κ1) is 17.8. The average Bonchev–Trinajstić information content (AvgIpc) is 3.19. The molecule has 0 spiro atoms. The highest BCUT2D eigenvalue weighted by molar-refractivity contribution is 5.94. The molecule has 134 valence electrons. The molecule has 0 aliphatic carbocycles. The molecule has 0 unspecified atom stereocenters. The Morgan fingerprint density at radius 2 is 1.81 bits per heavy atom. The third-order valence-corrected chi connectivity index (χ3v) is 4.46. The summed E-state index contributed by atoms with van der Waals surface area (Å²) in [6, 6.07) is 7.41. The Morgan fingerprint density at radius 1 is 1.12 bits per heavy atom. The minimum absolute atomic E-state index is 0.0486. The SMILES string of the molecule is CC(C)[C@H](C)N(Cc1ccco1)C(=O)c1cnc(-c2ccncc2)nc1. The van der Waals surface area contributed by atoms with Crippen molar-refractivity contribution in [3.63, 3.8) is 0 Å². The standard InChI is InChI=1S/C20H22N4O2/c1-14(2)15(3)24(13-18-5-4-10-26-18)20(25)17-11-22-19(23-12-17)16-6-8-21-9-7-16/h4-12,14-15H,13H2,1-3H3/t15-/m0/s1. The van der Waals surface area contributed by atoms with E-state index < -0.39 is 0 Å². The summed E-state index contributed by atoms with van der Waals surface area (Å²) in [4.78, 5) is 27.5. The van der Waals surface area contributed by atoms with Crippen LogP contribution < -0.4 is 0 Å². The number of nitrogens with zero attached hydrogens (tertiary/aromatic N) is 4. The van der Waals surface area contributed by atoms with Gasteiger partial charge in [-0.15, -0.1) is 0 Å². The molecule has 3 heterocycles. The van der Waals surface area contributed by atoms with Gasteiger partial charge in [0.25, 0.3) is 5.91 Å². The molecule has 26 heavy (non-hydrogen) atoms. The maximum Gasteiger partial charge on any atom is 0.257 e. The van der Waals surface area contributed by atoms with Crippen molar-refractivity contribution in [2.24, 2.45) is 5.92 Å². The van der Waals surface area contributed by atoms with Gasteiger partial charge in [0.2, 0.25) is 0 Å². The first-order chi connectivity index (χ1) is 12.6. The van der Waals surface area contributed by atoms with Gasteiger partial charge in [0.1, 0.15) is 5.76 Å². The van der Waals surface area contributed by atoms with Gasteiger partial charge in [-0.25, -0.2) is 9.97 Å². The molecule has 0 saturated heterocycles. The first-order valence-electron chi connectivity index (χ1n) is 8.62. The smallest absolute Gasteiger partial charge is 0.257 e. The number of furan rings is 1. The molecule has 6 nitrogen and oxygen atoms in total. The molecule has 0 fully saturated rings. The fourth-order valence-corrected chi connectivity index (χ4v) is 2.59. The highest BCUT2D eigenvalue weighted by atomic mass is 16.3.